The molecule has 1 unspecified atom stereocenters. The quantitative estimate of drug-likeness (QED) is 0.648. The fourth-order valence-electron chi connectivity index (χ4n) is 3.41. The van der Waals surface area contributed by atoms with Crippen molar-refractivity contribution in [3.8, 4) is 11.6 Å². The van der Waals surface area contributed by atoms with Crippen molar-refractivity contribution in [2.24, 2.45) is 7.05 Å². The average molecular weight is 434 g/mol. The Kier molecular flexibility index (Phi) is 5.12. The molecule has 2 aromatic heterocycles. The van der Waals surface area contributed by atoms with Gasteiger partial charge in [0.25, 0.3) is 5.89 Å². The second-order valence-corrected chi connectivity index (χ2v) is 8.81. The lowest BCUT2D eigenvalue weighted by Gasteiger charge is -2.22. The van der Waals surface area contributed by atoms with Gasteiger partial charge >= 0.3 is 6.01 Å². The molecule has 12 heteroatoms. The zero-order valence-electron chi connectivity index (χ0n) is 16.2. The minimum Gasteiger partial charge on any atom is -0.401 e. The van der Waals surface area contributed by atoms with Gasteiger partial charge in [-0.05, 0) is 50.1 Å². The topological polar surface area (TPSA) is 123 Å². The van der Waals surface area contributed by atoms with Crippen molar-refractivity contribution in [3.05, 3.63) is 41.8 Å². The maximum Gasteiger partial charge on any atom is 0.322 e. The summed E-state index contributed by atoms with van der Waals surface area (Å²) in [6.45, 7) is 2.00. The van der Waals surface area contributed by atoms with E-state index in [9.17, 15) is 17.6 Å². The predicted octanol–water partition coefficient (Wildman–Crippen LogP) is 1.71. The number of anilines is 1. The molecule has 30 heavy (non-hydrogen) atoms. The molecule has 1 saturated heterocycles. The minimum atomic E-state index is -3.95. The van der Waals surface area contributed by atoms with Gasteiger partial charge in [0.1, 0.15) is 17.6 Å². The molecule has 0 saturated carbocycles. The van der Waals surface area contributed by atoms with Crippen LogP contribution in [0.3, 0.4) is 0 Å². The smallest absolute Gasteiger partial charge is 0.322 e. The van der Waals surface area contributed by atoms with Crippen molar-refractivity contribution >= 4 is 21.9 Å². The van der Waals surface area contributed by atoms with Crippen molar-refractivity contribution in [1.29, 1.82) is 0 Å². The molecule has 0 aliphatic carbocycles. The summed E-state index contributed by atoms with van der Waals surface area (Å²) in [6.07, 6.45) is 0.857. The van der Waals surface area contributed by atoms with Crippen molar-refractivity contribution in [1.82, 2.24) is 24.3 Å². The molecule has 0 radical (unpaired) electrons. The molecule has 10 nitrogen and oxygen atoms in total. The van der Waals surface area contributed by atoms with Gasteiger partial charge in [-0.25, -0.2) is 12.8 Å². The Balaban J connectivity index is 1.52. The largest absolute Gasteiger partial charge is 0.401 e. The molecule has 1 atom stereocenters. The zero-order chi connectivity index (χ0) is 21.5. The number of amides is 1. The van der Waals surface area contributed by atoms with E-state index < -0.39 is 27.8 Å². The molecule has 3 aromatic rings. The van der Waals surface area contributed by atoms with Gasteiger partial charge < -0.3 is 4.42 Å². The number of carbonyl (C=O) groups is 1. The van der Waals surface area contributed by atoms with Gasteiger partial charge in [0.05, 0.1) is 10.6 Å². The number of hydrogen-bond acceptors (Lipinski definition) is 7. The van der Waals surface area contributed by atoms with Gasteiger partial charge in [0, 0.05) is 13.6 Å². The van der Waals surface area contributed by atoms with Crippen LogP contribution in [0.5, 0.6) is 0 Å². The van der Waals surface area contributed by atoms with E-state index in [1.165, 1.54) is 12.1 Å². The van der Waals surface area contributed by atoms with E-state index in [0.29, 0.717) is 18.5 Å². The summed E-state index contributed by atoms with van der Waals surface area (Å²) in [7, 11) is -2.23. The maximum absolute atomic E-state index is 13.1. The standard InChI is InChI=1S/C18H19FN6O4S/c1-11-10-15(24(2)23-11)17-21-22-18(29-17)20-16(26)14-4-3-9-25(14)30(27,28)13-7-5-12(19)6-8-13/h5-8,10,14H,3-4,9H2,1-2H3,(H,20,22,26). The summed E-state index contributed by atoms with van der Waals surface area (Å²) in [5.74, 6) is -0.939. The first kappa shape index (κ1) is 20.2. The average Bonchev–Trinajstić information content (AvgIpc) is 3.42. The molecular weight excluding hydrogens is 415 g/mol. The Morgan fingerprint density at radius 2 is 2.00 bits per heavy atom. The number of nitrogens with one attached hydrogen (secondary N) is 1. The zero-order valence-corrected chi connectivity index (χ0v) is 17.1. The lowest BCUT2D eigenvalue weighted by molar-refractivity contribution is -0.119. The molecule has 1 N–H and O–H groups in total. The Bertz CT molecular complexity index is 1190. The summed E-state index contributed by atoms with van der Waals surface area (Å²) >= 11 is 0. The molecule has 1 fully saturated rings. The van der Waals surface area contributed by atoms with E-state index in [0.717, 1.165) is 22.1 Å². The lowest BCUT2D eigenvalue weighted by atomic mass is 10.2. The van der Waals surface area contributed by atoms with Crippen molar-refractivity contribution < 1.29 is 22.0 Å². The van der Waals surface area contributed by atoms with Gasteiger partial charge in [-0.15, -0.1) is 5.10 Å². The summed E-state index contributed by atoms with van der Waals surface area (Å²) in [4.78, 5) is 12.7. The first-order valence-corrected chi connectivity index (χ1v) is 10.6. The van der Waals surface area contributed by atoms with E-state index in [4.69, 9.17) is 4.42 Å². The first-order valence-electron chi connectivity index (χ1n) is 9.18. The number of aromatic nitrogens is 4. The molecule has 1 amide bonds. The third-order valence-electron chi connectivity index (χ3n) is 4.80. The van der Waals surface area contributed by atoms with Crippen LogP contribution in [0, 0.1) is 12.7 Å². The molecule has 1 aromatic carbocycles. The molecule has 4 rings (SSSR count). The highest BCUT2D eigenvalue weighted by molar-refractivity contribution is 7.89. The highest BCUT2D eigenvalue weighted by Gasteiger charge is 2.40. The number of sulfonamides is 1. The molecule has 1 aliphatic rings. The summed E-state index contributed by atoms with van der Waals surface area (Å²) in [6, 6.07) is 5.17. The third-order valence-corrected chi connectivity index (χ3v) is 6.73. The second-order valence-electron chi connectivity index (χ2n) is 6.92. The van der Waals surface area contributed by atoms with E-state index >= 15 is 0 Å². The van der Waals surface area contributed by atoms with Crippen LogP contribution in [0.1, 0.15) is 18.5 Å². The number of aryl methyl sites for hydroxylation is 2. The van der Waals surface area contributed by atoms with Gasteiger partial charge in [-0.1, -0.05) is 5.10 Å². The summed E-state index contributed by atoms with van der Waals surface area (Å²) in [5, 5.41) is 14.4. The van der Waals surface area contributed by atoms with Crippen LogP contribution in [0.2, 0.25) is 0 Å². The maximum atomic E-state index is 13.1. The van der Waals surface area contributed by atoms with Crippen molar-refractivity contribution in [2.75, 3.05) is 11.9 Å². The molecular formula is C18H19FN6O4S. The third kappa shape index (κ3) is 3.71. The number of rotatable bonds is 5. The molecule has 3 heterocycles. The summed E-state index contributed by atoms with van der Waals surface area (Å²) in [5.41, 5.74) is 1.35. The van der Waals surface area contributed by atoms with E-state index in [2.05, 4.69) is 20.6 Å². The Hall–Kier alpha value is -3.12. The number of halogens is 1. The lowest BCUT2D eigenvalue weighted by Crippen LogP contribution is -2.43. The van der Waals surface area contributed by atoms with Crippen LogP contribution in [-0.2, 0) is 21.9 Å². The van der Waals surface area contributed by atoms with Crippen LogP contribution < -0.4 is 5.32 Å². The molecule has 0 bridgehead atoms. The van der Waals surface area contributed by atoms with Crippen LogP contribution >= 0.6 is 0 Å². The molecule has 1 aliphatic heterocycles. The van der Waals surface area contributed by atoms with Gasteiger partial charge in [0.15, 0.2) is 0 Å². The monoisotopic (exact) mass is 434 g/mol. The van der Waals surface area contributed by atoms with Crippen LogP contribution in [-0.4, -0.2) is 51.2 Å². The summed E-state index contributed by atoms with van der Waals surface area (Å²) < 4.78 is 47.1. The van der Waals surface area contributed by atoms with E-state index in [-0.39, 0.29) is 23.3 Å². The number of hydrogen-bond donors (Lipinski definition) is 1. The van der Waals surface area contributed by atoms with E-state index in [1.807, 2.05) is 6.92 Å². The molecule has 0 spiro atoms. The van der Waals surface area contributed by atoms with Crippen LogP contribution in [0.25, 0.3) is 11.6 Å². The fraction of sp³-hybridized carbons (Fsp3) is 0.333. The number of benzene rings is 1. The predicted molar refractivity (Wildman–Crippen MR) is 103 cm³/mol. The van der Waals surface area contributed by atoms with Crippen molar-refractivity contribution in [3.63, 3.8) is 0 Å². The molecule has 158 valence electrons. The Morgan fingerprint density at radius 1 is 1.27 bits per heavy atom. The highest BCUT2D eigenvalue weighted by Crippen LogP contribution is 2.27. The van der Waals surface area contributed by atoms with Gasteiger partial charge in [-0.2, -0.15) is 9.40 Å². The second kappa shape index (κ2) is 7.61. The van der Waals surface area contributed by atoms with Gasteiger partial charge in [0.2, 0.25) is 15.9 Å². The van der Waals surface area contributed by atoms with Crippen LogP contribution in [0.4, 0.5) is 10.4 Å². The minimum absolute atomic E-state index is 0.0738. The Labute approximate surface area is 171 Å². The van der Waals surface area contributed by atoms with E-state index in [1.54, 1.807) is 17.8 Å². The highest BCUT2D eigenvalue weighted by atomic mass is 32.2. The van der Waals surface area contributed by atoms with Crippen molar-refractivity contribution in [2.45, 2.75) is 30.7 Å². The number of nitrogens with zero attached hydrogens (tertiary/aromatic N) is 5. The normalized spacial score (nSPS) is 17.4. The fourth-order valence-corrected chi connectivity index (χ4v) is 5.06. The number of carbonyl (C=O) groups excluding carboxylic acids is 1. The SMILES string of the molecule is Cc1cc(-c2nnc(NC(=O)C3CCCN3S(=O)(=O)c3ccc(F)cc3)o2)n(C)n1. The Morgan fingerprint density at radius 3 is 2.67 bits per heavy atom. The van der Waals surface area contributed by atoms with Gasteiger partial charge in [-0.3, -0.25) is 14.8 Å². The van der Waals surface area contributed by atoms with Crippen LogP contribution in [0.15, 0.2) is 39.6 Å². The first-order chi connectivity index (χ1) is 14.3.